The molecular formula is C25H31N3O4S. The molecule has 8 heteroatoms. The van der Waals surface area contributed by atoms with Crippen LogP contribution < -0.4 is 10.0 Å². The van der Waals surface area contributed by atoms with Gasteiger partial charge < -0.3 is 15.3 Å². The molecule has 2 aromatic rings. The second-order valence-electron chi connectivity index (χ2n) is 8.68. The Bertz CT molecular complexity index is 1170. The van der Waals surface area contributed by atoms with Gasteiger partial charge in [0.25, 0.3) is 10.0 Å². The van der Waals surface area contributed by atoms with E-state index in [1.807, 2.05) is 19.1 Å². The third kappa shape index (κ3) is 5.23. The summed E-state index contributed by atoms with van der Waals surface area (Å²) in [5, 5.41) is 13.2. The molecule has 176 valence electrons. The summed E-state index contributed by atoms with van der Waals surface area (Å²) >= 11 is 0. The fourth-order valence-electron chi connectivity index (χ4n) is 4.74. The number of sulfonamides is 1. The van der Waals surface area contributed by atoms with Crippen molar-refractivity contribution in [2.75, 3.05) is 36.2 Å². The van der Waals surface area contributed by atoms with Gasteiger partial charge in [0, 0.05) is 6.54 Å². The number of para-hydroxylation sites is 1. The van der Waals surface area contributed by atoms with Crippen molar-refractivity contribution in [1.82, 2.24) is 4.90 Å². The van der Waals surface area contributed by atoms with Crippen molar-refractivity contribution in [3.05, 3.63) is 59.2 Å². The predicted molar refractivity (Wildman–Crippen MR) is 131 cm³/mol. The number of aromatic carboxylic acids is 1. The SMILES string of the molecule is CC1=CCCc2ccc(NS(=O)(=O)c3ccccc3NCCCN3CCCC3)c(C(=O)O)c21. The number of aryl methyl sites for hydroxylation is 1. The van der Waals surface area contributed by atoms with E-state index in [1.165, 1.54) is 18.9 Å². The molecule has 0 saturated carbocycles. The van der Waals surface area contributed by atoms with Crippen molar-refractivity contribution in [2.45, 2.75) is 43.9 Å². The van der Waals surface area contributed by atoms with Crippen LogP contribution in [-0.2, 0) is 16.4 Å². The van der Waals surface area contributed by atoms with E-state index in [0.717, 1.165) is 50.0 Å². The molecule has 1 fully saturated rings. The number of nitrogens with zero attached hydrogens (tertiary/aromatic N) is 1. The van der Waals surface area contributed by atoms with Crippen LogP contribution in [-0.4, -0.2) is 50.6 Å². The van der Waals surface area contributed by atoms with Gasteiger partial charge in [-0.2, -0.15) is 0 Å². The normalized spacial score (nSPS) is 16.2. The van der Waals surface area contributed by atoms with Crippen molar-refractivity contribution in [3.8, 4) is 0 Å². The van der Waals surface area contributed by atoms with Gasteiger partial charge >= 0.3 is 5.97 Å². The number of anilines is 2. The molecule has 0 amide bonds. The molecule has 1 saturated heterocycles. The third-order valence-corrected chi connectivity index (χ3v) is 7.77. The quantitative estimate of drug-likeness (QED) is 0.470. The largest absolute Gasteiger partial charge is 0.478 e. The third-order valence-electron chi connectivity index (χ3n) is 6.35. The minimum Gasteiger partial charge on any atom is -0.478 e. The summed E-state index contributed by atoms with van der Waals surface area (Å²) in [5.74, 6) is -1.15. The maximum absolute atomic E-state index is 13.3. The van der Waals surface area contributed by atoms with E-state index in [0.29, 0.717) is 17.8 Å². The Balaban J connectivity index is 1.56. The number of nitrogens with one attached hydrogen (secondary N) is 2. The van der Waals surface area contributed by atoms with Crippen molar-refractivity contribution in [1.29, 1.82) is 0 Å². The second-order valence-corrected chi connectivity index (χ2v) is 10.3. The standard InChI is InChI=1S/C25H31N3O4S/c1-18-8-6-9-19-12-13-21(24(23(18)19)25(29)30)27-33(31,32)22-11-3-2-10-20(22)26-14-7-17-28-15-4-5-16-28/h2-3,8,10-13,26-27H,4-7,9,14-17H2,1H3,(H,29,30). The topological polar surface area (TPSA) is 98.7 Å². The van der Waals surface area contributed by atoms with Crippen LogP contribution in [0.2, 0.25) is 0 Å². The summed E-state index contributed by atoms with van der Waals surface area (Å²) < 4.78 is 29.2. The minimum atomic E-state index is -4.00. The van der Waals surface area contributed by atoms with E-state index in [4.69, 9.17) is 0 Å². The molecule has 33 heavy (non-hydrogen) atoms. The Morgan fingerprint density at radius 2 is 1.85 bits per heavy atom. The molecule has 7 nitrogen and oxygen atoms in total. The van der Waals surface area contributed by atoms with Gasteiger partial charge in [0.1, 0.15) is 4.90 Å². The van der Waals surface area contributed by atoms with Crippen LogP contribution in [0.25, 0.3) is 5.57 Å². The zero-order chi connectivity index (χ0) is 23.4. The Morgan fingerprint density at radius 3 is 2.61 bits per heavy atom. The first-order valence-electron chi connectivity index (χ1n) is 11.5. The first-order chi connectivity index (χ1) is 15.9. The second kappa shape index (κ2) is 9.97. The highest BCUT2D eigenvalue weighted by molar-refractivity contribution is 7.92. The lowest BCUT2D eigenvalue weighted by Gasteiger charge is -2.21. The van der Waals surface area contributed by atoms with Crippen molar-refractivity contribution < 1.29 is 18.3 Å². The fraction of sp³-hybridized carbons (Fsp3) is 0.400. The number of carboxylic acids is 1. The number of likely N-dealkylation sites (tertiary alicyclic amines) is 1. The maximum Gasteiger partial charge on any atom is 0.338 e. The molecule has 0 radical (unpaired) electrons. The number of fused-ring (bicyclic) bond motifs is 1. The molecule has 0 aromatic heterocycles. The summed E-state index contributed by atoms with van der Waals surface area (Å²) in [4.78, 5) is 14.7. The van der Waals surface area contributed by atoms with Gasteiger partial charge in [0.05, 0.1) is 16.9 Å². The van der Waals surface area contributed by atoms with Crippen LogP contribution in [0.5, 0.6) is 0 Å². The average Bonchev–Trinajstić information content (AvgIpc) is 3.30. The Hall–Kier alpha value is -2.84. The number of rotatable bonds is 9. The Labute approximate surface area is 195 Å². The number of hydrogen-bond acceptors (Lipinski definition) is 5. The van der Waals surface area contributed by atoms with Crippen LogP contribution in [0, 0.1) is 0 Å². The molecule has 1 heterocycles. The van der Waals surface area contributed by atoms with Crippen LogP contribution >= 0.6 is 0 Å². The molecule has 0 atom stereocenters. The molecule has 4 rings (SSSR count). The lowest BCUT2D eigenvalue weighted by molar-refractivity contribution is 0.0697. The smallest absolute Gasteiger partial charge is 0.338 e. The molecule has 0 bridgehead atoms. The summed E-state index contributed by atoms with van der Waals surface area (Å²) in [6.45, 7) is 5.78. The van der Waals surface area contributed by atoms with Crippen LogP contribution in [0.1, 0.15) is 54.1 Å². The zero-order valence-corrected chi connectivity index (χ0v) is 19.7. The van der Waals surface area contributed by atoms with Crippen LogP contribution in [0.15, 0.2) is 47.4 Å². The van der Waals surface area contributed by atoms with Crippen molar-refractivity contribution in [2.24, 2.45) is 0 Å². The number of carboxylic acid groups (broad SMARTS) is 1. The van der Waals surface area contributed by atoms with E-state index < -0.39 is 16.0 Å². The molecule has 2 aromatic carbocycles. The van der Waals surface area contributed by atoms with Gasteiger partial charge in [0.15, 0.2) is 0 Å². The molecule has 3 N–H and O–H groups in total. The summed E-state index contributed by atoms with van der Waals surface area (Å²) in [6, 6.07) is 10.1. The van der Waals surface area contributed by atoms with Gasteiger partial charge in [-0.25, -0.2) is 13.2 Å². The highest BCUT2D eigenvalue weighted by Gasteiger charge is 2.26. The zero-order valence-electron chi connectivity index (χ0n) is 18.9. The summed E-state index contributed by atoms with van der Waals surface area (Å²) in [7, 11) is -4.00. The highest BCUT2D eigenvalue weighted by Crippen LogP contribution is 2.35. The maximum atomic E-state index is 13.3. The fourth-order valence-corrected chi connectivity index (χ4v) is 5.99. The van der Waals surface area contributed by atoms with Gasteiger partial charge in [-0.05, 0) is 93.6 Å². The Morgan fingerprint density at radius 1 is 1.09 bits per heavy atom. The minimum absolute atomic E-state index is 0.000536. The summed E-state index contributed by atoms with van der Waals surface area (Å²) in [5.41, 5.74) is 2.99. The monoisotopic (exact) mass is 469 g/mol. The van der Waals surface area contributed by atoms with Gasteiger partial charge in [-0.15, -0.1) is 0 Å². The number of carbonyl (C=O) groups is 1. The van der Waals surface area contributed by atoms with Crippen molar-refractivity contribution in [3.63, 3.8) is 0 Å². The van der Waals surface area contributed by atoms with E-state index in [-0.39, 0.29) is 16.1 Å². The number of hydrogen-bond donors (Lipinski definition) is 3. The van der Waals surface area contributed by atoms with Crippen LogP contribution in [0.4, 0.5) is 11.4 Å². The van der Waals surface area contributed by atoms with E-state index in [1.54, 1.807) is 24.3 Å². The van der Waals surface area contributed by atoms with Gasteiger partial charge in [-0.3, -0.25) is 4.72 Å². The van der Waals surface area contributed by atoms with Gasteiger partial charge in [-0.1, -0.05) is 24.3 Å². The molecular weight excluding hydrogens is 438 g/mol. The summed E-state index contributed by atoms with van der Waals surface area (Å²) in [6.07, 6.45) is 6.99. The molecule has 0 spiro atoms. The lowest BCUT2D eigenvalue weighted by atomic mass is 9.87. The van der Waals surface area contributed by atoms with E-state index in [2.05, 4.69) is 14.9 Å². The molecule has 2 aliphatic rings. The molecule has 0 unspecified atom stereocenters. The van der Waals surface area contributed by atoms with E-state index >= 15 is 0 Å². The first kappa shape index (κ1) is 23.3. The predicted octanol–water partition coefficient (Wildman–Crippen LogP) is 4.43. The number of benzene rings is 2. The molecule has 1 aliphatic heterocycles. The Kier molecular flexibility index (Phi) is 7.05. The van der Waals surface area contributed by atoms with Gasteiger partial charge in [0.2, 0.25) is 0 Å². The van der Waals surface area contributed by atoms with E-state index in [9.17, 15) is 18.3 Å². The number of allylic oxidation sites excluding steroid dienone is 2. The first-order valence-corrected chi connectivity index (χ1v) is 13.0. The lowest BCUT2D eigenvalue weighted by Crippen LogP contribution is -2.23. The average molecular weight is 470 g/mol. The molecule has 1 aliphatic carbocycles. The van der Waals surface area contributed by atoms with Crippen molar-refractivity contribution >= 4 is 32.9 Å². The van der Waals surface area contributed by atoms with Crippen LogP contribution in [0.3, 0.4) is 0 Å². The highest BCUT2D eigenvalue weighted by atomic mass is 32.2.